The van der Waals surface area contributed by atoms with Gasteiger partial charge in [0.2, 0.25) is 0 Å². The van der Waals surface area contributed by atoms with Crippen molar-refractivity contribution in [2.24, 2.45) is 0 Å². The first-order valence-electron chi connectivity index (χ1n) is 6.30. The van der Waals surface area contributed by atoms with E-state index in [0.29, 0.717) is 11.2 Å². The predicted octanol–water partition coefficient (Wildman–Crippen LogP) is 2.52. The molecule has 1 saturated carbocycles. The number of benzene rings is 1. The van der Waals surface area contributed by atoms with Gasteiger partial charge in [0.25, 0.3) is 0 Å². The SMILES string of the molecule is Oc1ccc(C2(CN3CCC3)CCC2)cc1. The van der Waals surface area contributed by atoms with Gasteiger partial charge in [-0.05, 0) is 50.0 Å². The van der Waals surface area contributed by atoms with Crippen LogP contribution in [0, 0.1) is 0 Å². The van der Waals surface area contributed by atoms with Crippen molar-refractivity contribution >= 4 is 0 Å². The lowest BCUT2D eigenvalue weighted by Crippen LogP contribution is -2.50. The lowest BCUT2D eigenvalue weighted by atomic mass is 9.64. The number of phenols is 1. The largest absolute Gasteiger partial charge is 0.508 e. The van der Waals surface area contributed by atoms with E-state index in [-0.39, 0.29) is 0 Å². The third-order valence-electron chi connectivity index (χ3n) is 4.27. The highest BCUT2D eigenvalue weighted by molar-refractivity contribution is 5.33. The molecule has 0 bridgehead atoms. The van der Waals surface area contributed by atoms with Crippen LogP contribution in [0.15, 0.2) is 24.3 Å². The molecule has 1 N–H and O–H groups in total. The molecule has 86 valence electrons. The minimum absolute atomic E-state index is 0.377. The van der Waals surface area contributed by atoms with Crippen LogP contribution in [0.25, 0.3) is 0 Å². The van der Waals surface area contributed by atoms with Crippen LogP contribution in [0.2, 0.25) is 0 Å². The van der Waals surface area contributed by atoms with Crippen LogP contribution in [0.5, 0.6) is 5.75 Å². The Labute approximate surface area is 96.9 Å². The average Bonchev–Trinajstić information content (AvgIpc) is 2.16. The van der Waals surface area contributed by atoms with E-state index in [0.717, 1.165) is 0 Å². The van der Waals surface area contributed by atoms with E-state index in [1.165, 1.54) is 50.9 Å². The summed E-state index contributed by atoms with van der Waals surface area (Å²) in [7, 11) is 0. The van der Waals surface area contributed by atoms with Crippen molar-refractivity contribution in [3.63, 3.8) is 0 Å². The molecule has 0 atom stereocenters. The van der Waals surface area contributed by atoms with Crippen molar-refractivity contribution in [2.45, 2.75) is 31.1 Å². The Bertz CT molecular complexity index is 363. The summed E-state index contributed by atoms with van der Waals surface area (Å²) in [5.41, 5.74) is 1.82. The van der Waals surface area contributed by atoms with Crippen LogP contribution in [0.4, 0.5) is 0 Å². The summed E-state index contributed by atoms with van der Waals surface area (Å²) in [6.07, 6.45) is 5.35. The van der Waals surface area contributed by atoms with E-state index in [1.807, 2.05) is 12.1 Å². The lowest BCUT2D eigenvalue weighted by Gasteiger charge is -2.48. The molecule has 2 aliphatic rings. The molecule has 1 aliphatic heterocycles. The van der Waals surface area contributed by atoms with E-state index >= 15 is 0 Å². The van der Waals surface area contributed by atoms with Gasteiger partial charge in [-0.1, -0.05) is 18.6 Å². The van der Waals surface area contributed by atoms with Gasteiger partial charge in [0.1, 0.15) is 5.75 Å². The van der Waals surface area contributed by atoms with Gasteiger partial charge in [-0.3, -0.25) is 0 Å². The Morgan fingerprint density at radius 2 is 1.75 bits per heavy atom. The van der Waals surface area contributed by atoms with E-state index in [4.69, 9.17) is 0 Å². The normalized spacial score (nSPS) is 23.5. The number of nitrogens with zero attached hydrogens (tertiary/aromatic N) is 1. The Morgan fingerprint density at radius 3 is 2.19 bits per heavy atom. The molecule has 1 aromatic rings. The van der Waals surface area contributed by atoms with Gasteiger partial charge in [-0.2, -0.15) is 0 Å². The van der Waals surface area contributed by atoms with Crippen molar-refractivity contribution in [1.82, 2.24) is 4.90 Å². The van der Waals surface area contributed by atoms with Crippen LogP contribution in [-0.4, -0.2) is 29.6 Å². The fourth-order valence-corrected chi connectivity index (χ4v) is 2.92. The molecule has 2 nitrogen and oxygen atoms in total. The summed E-state index contributed by atoms with van der Waals surface area (Å²) in [5, 5.41) is 9.34. The molecule has 0 amide bonds. The third-order valence-corrected chi connectivity index (χ3v) is 4.27. The predicted molar refractivity (Wildman–Crippen MR) is 64.7 cm³/mol. The van der Waals surface area contributed by atoms with Gasteiger partial charge in [0.15, 0.2) is 0 Å². The van der Waals surface area contributed by atoms with Gasteiger partial charge >= 0.3 is 0 Å². The van der Waals surface area contributed by atoms with E-state index in [2.05, 4.69) is 17.0 Å². The quantitative estimate of drug-likeness (QED) is 0.841. The summed E-state index contributed by atoms with van der Waals surface area (Å²) in [6, 6.07) is 7.86. The second-order valence-electron chi connectivity index (χ2n) is 5.31. The highest BCUT2D eigenvalue weighted by atomic mass is 16.3. The molecule has 0 spiro atoms. The Balaban J connectivity index is 1.80. The zero-order chi connectivity index (χ0) is 11.0. The molecule has 0 aromatic heterocycles. The summed E-state index contributed by atoms with van der Waals surface area (Å²) in [4.78, 5) is 2.56. The van der Waals surface area contributed by atoms with Gasteiger partial charge in [0.05, 0.1) is 0 Å². The molecular weight excluding hydrogens is 198 g/mol. The highest BCUT2D eigenvalue weighted by Crippen LogP contribution is 2.45. The molecule has 1 aromatic carbocycles. The Hall–Kier alpha value is -1.02. The lowest BCUT2D eigenvalue weighted by molar-refractivity contribution is 0.0936. The van der Waals surface area contributed by atoms with Gasteiger partial charge in [-0.25, -0.2) is 0 Å². The minimum Gasteiger partial charge on any atom is -0.508 e. The first-order valence-corrected chi connectivity index (χ1v) is 6.30. The van der Waals surface area contributed by atoms with E-state index < -0.39 is 0 Å². The van der Waals surface area contributed by atoms with E-state index in [1.54, 1.807) is 0 Å². The minimum atomic E-state index is 0.377. The van der Waals surface area contributed by atoms with Gasteiger partial charge < -0.3 is 10.0 Å². The van der Waals surface area contributed by atoms with Gasteiger partial charge in [-0.15, -0.1) is 0 Å². The van der Waals surface area contributed by atoms with Crippen molar-refractivity contribution in [2.75, 3.05) is 19.6 Å². The number of aromatic hydroxyl groups is 1. The van der Waals surface area contributed by atoms with Crippen molar-refractivity contribution < 1.29 is 5.11 Å². The second-order valence-corrected chi connectivity index (χ2v) is 5.31. The zero-order valence-electron chi connectivity index (χ0n) is 9.65. The van der Waals surface area contributed by atoms with Gasteiger partial charge in [0, 0.05) is 12.0 Å². The molecule has 3 rings (SSSR count). The molecule has 16 heavy (non-hydrogen) atoms. The Kier molecular flexibility index (Phi) is 2.40. The summed E-state index contributed by atoms with van der Waals surface area (Å²) in [5.74, 6) is 0.377. The van der Waals surface area contributed by atoms with Crippen LogP contribution < -0.4 is 0 Å². The molecule has 2 fully saturated rings. The standard InChI is InChI=1S/C14H19NO/c16-13-5-3-12(4-6-13)14(7-1-8-14)11-15-9-2-10-15/h3-6,16H,1-2,7-11H2. The topological polar surface area (TPSA) is 23.5 Å². The molecule has 0 radical (unpaired) electrons. The van der Waals surface area contributed by atoms with Crippen LogP contribution in [0.3, 0.4) is 0 Å². The number of hydrogen-bond acceptors (Lipinski definition) is 2. The maximum Gasteiger partial charge on any atom is 0.115 e. The molecule has 1 heterocycles. The van der Waals surface area contributed by atoms with Crippen LogP contribution >= 0.6 is 0 Å². The average molecular weight is 217 g/mol. The fraction of sp³-hybridized carbons (Fsp3) is 0.571. The summed E-state index contributed by atoms with van der Waals surface area (Å²) < 4.78 is 0. The molecule has 0 unspecified atom stereocenters. The van der Waals surface area contributed by atoms with Crippen LogP contribution in [0.1, 0.15) is 31.2 Å². The first-order chi connectivity index (χ1) is 7.78. The molecule has 2 heteroatoms. The highest BCUT2D eigenvalue weighted by Gasteiger charge is 2.40. The van der Waals surface area contributed by atoms with E-state index in [9.17, 15) is 5.11 Å². The van der Waals surface area contributed by atoms with Crippen molar-refractivity contribution in [3.8, 4) is 5.75 Å². The first kappa shape index (κ1) is 10.2. The Morgan fingerprint density at radius 1 is 1.06 bits per heavy atom. The number of rotatable bonds is 3. The summed E-state index contributed by atoms with van der Waals surface area (Å²) in [6.45, 7) is 3.78. The molecule has 1 aliphatic carbocycles. The molecular formula is C14H19NO. The summed E-state index contributed by atoms with van der Waals surface area (Å²) >= 11 is 0. The third kappa shape index (κ3) is 1.61. The number of phenolic OH excluding ortho intramolecular Hbond substituents is 1. The smallest absolute Gasteiger partial charge is 0.115 e. The maximum absolute atomic E-state index is 9.34. The second kappa shape index (κ2) is 3.77. The number of hydrogen-bond donors (Lipinski definition) is 1. The molecule has 1 saturated heterocycles. The zero-order valence-corrected chi connectivity index (χ0v) is 9.65. The van der Waals surface area contributed by atoms with Crippen molar-refractivity contribution in [1.29, 1.82) is 0 Å². The van der Waals surface area contributed by atoms with Crippen LogP contribution in [-0.2, 0) is 5.41 Å². The monoisotopic (exact) mass is 217 g/mol. The number of likely N-dealkylation sites (tertiary alicyclic amines) is 1. The fourth-order valence-electron chi connectivity index (χ4n) is 2.92. The maximum atomic E-state index is 9.34. The van der Waals surface area contributed by atoms with Crippen molar-refractivity contribution in [3.05, 3.63) is 29.8 Å².